The van der Waals surface area contributed by atoms with E-state index in [9.17, 15) is 0 Å². The molecule has 0 saturated carbocycles. The van der Waals surface area contributed by atoms with Crippen LogP contribution < -0.4 is 25.5 Å². The minimum absolute atomic E-state index is 0.966. The lowest BCUT2D eigenvalue weighted by atomic mass is 9.82. The molecule has 0 N–H and O–H groups in total. The number of benzene rings is 10. The highest BCUT2D eigenvalue weighted by atomic mass is 32.2. The molecule has 2 aliphatic heterocycles. The minimum atomic E-state index is -2.87. The van der Waals surface area contributed by atoms with E-state index >= 15 is 0 Å². The summed E-state index contributed by atoms with van der Waals surface area (Å²) < 4.78 is 6.77. The number of para-hydroxylation sites is 2. The molecule has 0 aromatic heterocycles. The SMILES string of the molecule is Cc1ccc2c(c1-c1ccc3c4ccccc4c4cccc5c4-c4c(cccc4c3c1C)c1ccccc1c1ccccc51)Sc1ccccc1[Si]21c2ccccc2Oc2ccccc21. The van der Waals surface area contributed by atoms with Gasteiger partial charge in [-0.05, 0) is 151 Å². The molecule has 0 atom stereocenters. The largest absolute Gasteiger partial charge is 0.458 e. The first-order chi connectivity index (χ1) is 32.1. The summed E-state index contributed by atoms with van der Waals surface area (Å²) in [5.41, 5.74) is 7.78. The molecule has 0 amide bonds. The van der Waals surface area contributed by atoms with Crippen LogP contribution in [0.25, 0.3) is 86.9 Å². The predicted molar refractivity (Wildman–Crippen MR) is 280 cm³/mol. The molecule has 0 bridgehead atoms. The maximum absolute atomic E-state index is 6.77. The Kier molecular flexibility index (Phi) is 7.84. The van der Waals surface area contributed by atoms with Crippen molar-refractivity contribution in [2.24, 2.45) is 0 Å². The second kappa shape index (κ2) is 13.8. The van der Waals surface area contributed by atoms with Crippen LogP contribution in [0.5, 0.6) is 11.5 Å². The minimum Gasteiger partial charge on any atom is -0.458 e. The van der Waals surface area contributed by atoms with Gasteiger partial charge in [-0.1, -0.05) is 200 Å². The molecule has 10 aromatic rings. The Bertz CT molecular complexity index is 3990. The Balaban J connectivity index is 1.18. The summed E-state index contributed by atoms with van der Waals surface area (Å²) >= 11 is 1.95. The van der Waals surface area contributed by atoms with Crippen LogP contribution in [0.3, 0.4) is 0 Å². The molecule has 1 spiro atoms. The molecule has 10 aromatic carbocycles. The van der Waals surface area contributed by atoms with Crippen LogP contribution in [0, 0.1) is 13.8 Å². The van der Waals surface area contributed by atoms with Gasteiger partial charge in [0.1, 0.15) is 11.5 Å². The lowest BCUT2D eigenvalue weighted by Gasteiger charge is -2.44. The normalized spacial score (nSPS) is 13.6. The Morgan fingerprint density at radius 3 is 1.37 bits per heavy atom. The maximum Gasteiger partial charge on any atom is 0.190 e. The van der Waals surface area contributed by atoms with Gasteiger partial charge >= 0.3 is 0 Å². The van der Waals surface area contributed by atoms with E-state index in [2.05, 4.69) is 220 Å². The highest BCUT2D eigenvalue weighted by Gasteiger charge is 2.52. The van der Waals surface area contributed by atoms with E-state index in [-0.39, 0.29) is 0 Å². The molecule has 65 heavy (non-hydrogen) atoms. The Morgan fingerprint density at radius 2 is 0.785 bits per heavy atom. The van der Waals surface area contributed by atoms with E-state index in [0.29, 0.717) is 0 Å². The predicted octanol–water partition coefficient (Wildman–Crippen LogP) is 14.5. The van der Waals surface area contributed by atoms with Crippen LogP contribution in [0.4, 0.5) is 0 Å². The van der Waals surface area contributed by atoms with Crippen LogP contribution in [0.15, 0.2) is 216 Å². The van der Waals surface area contributed by atoms with E-state index in [1.807, 2.05) is 11.8 Å². The molecule has 304 valence electrons. The van der Waals surface area contributed by atoms with Crippen molar-refractivity contribution in [3.63, 3.8) is 0 Å². The van der Waals surface area contributed by atoms with Crippen LogP contribution in [0.1, 0.15) is 11.1 Å². The molecule has 3 heteroatoms. The van der Waals surface area contributed by atoms with E-state index in [1.165, 1.54) is 129 Å². The summed E-state index contributed by atoms with van der Waals surface area (Å²) in [6.07, 6.45) is 0. The number of rotatable bonds is 1. The third kappa shape index (κ3) is 4.94. The summed E-state index contributed by atoms with van der Waals surface area (Å²) in [7, 11) is -2.87. The first kappa shape index (κ1) is 37.0. The molecule has 1 nitrogen and oxygen atoms in total. The van der Waals surface area contributed by atoms with E-state index in [1.54, 1.807) is 0 Å². The fourth-order valence-corrected chi connectivity index (χ4v) is 19.4. The van der Waals surface area contributed by atoms with Crippen molar-refractivity contribution >= 4 is 105 Å². The van der Waals surface area contributed by atoms with Gasteiger partial charge in [0.15, 0.2) is 8.07 Å². The van der Waals surface area contributed by atoms with E-state index in [4.69, 9.17) is 4.74 Å². The third-order valence-electron chi connectivity index (χ3n) is 14.7. The lowest BCUT2D eigenvalue weighted by Crippen LogP contribution is -2.77. The van der Waals surface area contributed by atoms with Gasteiger partial charge in [0.05, 0.1) is 0 Å². The summed E-state index contributed by atoms with van der Waals surface area (Å²) in [5, 5.41) is 20.7. The van der Waals surface area contributed by atoms with Crippen molar-refractivity contribution in [1.82, 2.24) is 0 Å². The van der Waals surface area contributed by atoms with Crippen LogP contribution >= 0.6 is 11.8 Å². The molecule has 4 aliphatic rings. The highest BCUT2D eigenvalue weighted by Crippen LogP contribution is 2.50. The van der Waals surface area contributed by atoms with Gasteiger partial charge in [-0.2, -0.15) is 0 Å². The molecular formula is C62H40OSSi. The van der Waals surface area contributed by atoms with Gasteiger partial charge in [0.2, 0.25) is 0 Å². The Hall–Kier alpha value is -7.43. The topological polar surface area (TPSA) is 9.23 Å². The number of hydrogen-bond acceptors (Lipinski definition) is 2. The summed E-state index contributed by atoms with van der Waals surface area (Å²) in [6, 6.07) is 77.7. The third-order valence-corrected chi connectivity index (χ3v) is 21.2. The van der Waals surface area contributed by atoms with Crippen molar-refractivity contribution < 1.29 is 4.74 Å². The van der Waals surface area contributed by atoms with Crippen molar-refractivity contribution in [2.75, 3.05) is 0 Å². The van der Waals surface area contributed by atoms with E-state index in [0.717, 1.165) is 11.5 Å². The zero-order chi connectivity index (χ0) is 43.0. The van der Waals surface area contributed by atoms with Crippen LogP contribution in [-0.2, 0) is 0 Å². The smallest absolute Gasteiger partial charge is 0.190 e. The Labute approximate surface area is 382 Å². The summed E-state index contributed by atoms with van der Waals surface area (Å²) in [5.74, 6) is 1.93. The van der Waals surface area contributed by atoms with Gasteiger partial charge in [-0.25, -0.2) is 0 Å². The quantitative estimate of drug-likeness (QED) is 0.152. The summed E-state index contributed by atoms with van der Waals surface area (Å²) in [6.45, 7) is 4.71. The number of hydrogen-bond donors (Lipinski definition) is 0. The van der Waals surface area contributed by atoms with Crippen LogP contribution in [-0.4, -0.2) is 8.07 Å². The standard InChI is InChI=1S/C62H40OSSi/c1-37-33-36-57-62(64-53-29-11-14-32-56(53)65(57)54-30-12-9-27-51(54)63-52-28-10-13-31-55(52)65)58(37)39-34-35-49-45-22-8-7-21-44(45)47-24-15-23-46-42-19-5-3-17-40(42)41-18-4-6-20-43(41)48-25-16-26-50(59(49)38(39)2)61(48)60(46)47/h3-36H,1-2H3. The second-order valence-corrected chi connectivity index (χ2v) is 22.5. The number of ether oxygens (including phenoxy) is 1. The number of aryl methyl sites for hydroxylation is 2. The maximum atomic E-state index is 6.77. The molecule has 0 radical (unpaired) electrons. The first-order valence-electron chi connectivity index (χ1n) is 22.6. The van der Waals surface area contributed by atoms with Gasteiger partial charge in [0.25, 0.3) is 0 Å². The Morgan fingerprint density at radius 1 is 0.338 bits per heavy atom. The molecular weight excluding hydrogens is 821 g/mol. The molecule has 14 rings (SSSR count). The van der Waals surface area contributed by atoms with Gasteiger partial charge in [-0.15, -0.1) is 0 Å². The van der Waals surface area contributed by atoms with Gasteiger partial charge in [0, 0.05) is 9.79 Å². The van der Waals surface area contributed by atoms with Crippen molar-refractivity contribution in [2.45, 2.75) is 23.6 Å². The molecule has 2 heterocycles. The summed E-state index contributed by atoms with van der Waals surface area (Å²) in [4.78, 5) is 2.69. The average Bonchev–Trinajstić information content (AvgIpc) is 3.35. The first-order valence-corrected chi connectivity index (χ1v) is 25.4. The second-order valence-electron chi connectivity index (χ2n) is 17.8. The van der Waals surface area contributed by atoms with Crippen molar-refractivity contribution in [3.8, 4) is 33.8 Å². The lowest BCUT2D eigenvalue weighted by molar-refractivity contribution is 0.487. The van der Waals surface area contributed by atoms with Crippen molar-refractivity contribution in [3.05, 3.63) is 217 Å². The van der Waals surface area contributed by atoms with Gasteiger partial charge < -0.3 is 4.74 Å². The van der Waals surface area contributed by atoms with Crippen molar-refractivity contribution in [1.29, 1.82) is 0 Å². The van der Waals surface area contributed by atoms with Gasteiger partial charge in [-0.3, -0.25) is 0 Å². The fraction of sp³-hybridized carbons (Fsp3) is 0.0323. The monoisotopic (exact) mass is 860 g/mol. The molecule has 0 unspecified atom stereocenters. The zero-order valence-corrected chi connectivity index (χ0v) is 37.8. The zero-order valence-electron chi connectivity index (χ0n) is 35.9. The highest BCUT2D eigenvalue weighted by molar-refractivity contribution is 8.00. The molecule has 0 fully saturated rings. The molecule has 0 saturated heterocycles. The fourth-order valence-electron chi connectivity index (χ4n) is 12.0. The molecule has 2 aliphatic carbocycles. The average molecular weight is 861 g/mol. The number of fused-ring (bicyclic) bond motifs is 18. The van der Waals surface area contributed by atoms with E-state index < -0.39 is 8.07 Å². The van der Waals surface area contributed by atoms with Crippen LogP contribution in [0.2, 0.25) is 0 Å².